The van der Waals surface area contributed by atoms with Crippen LogP contribution in [0.3, 0.4) is 0 Å². The Bertz CT molecular complexity index is 221. The van der Waals surface area contributed by atoms with Crippen molar-refractivity contribution in [3.63, 3.8) is 0 Å². The topological polar surface area (TPSA) is 41.1 Å². The number of hydrogen-bond acceptors (Lipinski definition) is 2. The molecule has 1 unspecified atom stereocenters. The maximum atomic E-state index is 11.3. The molecular weight excluding hydrogens is 164 g/mol. The zero-order chi connectivity index (χ0) is 9.47. The van der Waals surface area contributed by atoms with Gasteiger partial charge in [0.15, 0.2) is 0 Å². The summed E-state index contributed by atoms with van der Waals surface area (Å²) < 4.78 is 0. The van der Waals surface area contributed by atoms with Gasteiger partial charge in [-0.15, -0.1) is 0 Å². The third-order valence-electron chi connectivity index (χ3n) is 2.98. The summed E-state index contributed by atoms with van der Waals surface area (Å²) in [6, 6.07) is 1.04. The Morgan fingerprint density at radius 2 is 2.08 bits per heavy atom. The second-order valence-electron chi connectivity index (χ2n) is 4.97. The highest BCUT2D eigenvalue weighted by Crippen LogP contribution is 2.44. The maximum Gasteiger partial charge on any atom is 0.234 e. The zero-order valence-corrected chi connectivity index (χ0v) is 8.39. The molecule has 0 aromatic heterocycles. The second kappa shape index (κ2) is 2.98. The van der Waals surface area contributed by atoms with Crippen molar-refractivity contribution < 1.29 is 4.79 Å². The first-order chi connectivity index (χ1) is 6.08. The van der Waals surface area contributed by atoms with Gasteiger partial charge in [-0.2, -0.15) is 0 Å². The number of amides is 1. The van der Waals surface area contributed by atoms with E-state index >= 15 is 0 Å². The van der Waals surface area contributed by atoms with E-state index in [1.165, 1.54) is 12.8 Å². The standard InChI is InChI=1S/C10H18N2O/c1-10(2)5-8(10)12-9(13)6-11-7-3-4-7/h7-8,11H,3-6H2,1-2H3,(H,12,13). The molecule has 2 fully saturated rings. The smallest absolute Gasteiger partial charge is 0.234 e. The van der Waals surface area contributed by atoms with Gasteiger partial charge in [0, 0.05) is 12.1 Å². The van der Waals surface area contributed by atoms with Crippen LogP contribution >= 0.6 is 0 Å². The normalized spacial score (nSPS) is 29.8. The lowest BCUT2D eigenvalue weighted by molar-refractivity contribution is -0.120. The Labute approximate surface area is 79.3 Å². The first kappa shape index (κ1) is 9.00. The molecule has 0 aromatic rings. The predicted octanol–water partition coefficient (Wildman–Crippen LogP) is 0.653. The van der Waals surface area contributed by atoms with Gasteiger partial charge < -0.3 is 10.6 Å². The molecule has 0 aliphatic heterocycles. The van der Waals surface area contributed by atoms with Crippen LogP contribution in [0.4, 0.5) is 0 Å². The Hall–Kier alpha value is -0.570. The van der Waals surface area contributed by atoms with Gasteiger partial charge in [0.05, 0.1) is 6.54 Å². The van der Waals surface area contributed by atoms with E-state index in [-0.39, 0.29) is 5.91 Å². The van der Waals surface area contributed by atoms with Crippen LogP contribution in [0.15, 0.2) is 0 Å². The molecule has 2 aliphatic rings. The third-order valence-corrected chi connectivity index (χ3v) is 2.98. The fourth-order valence-electron chi connectivity index (χ4n) is 1.48. The summed E-state index contributed by atoms with van der Waals surface area (Å²) in [6.07, 6.45) is 3.60. The lowest BCUT2D eigenvalue weighted by atomic mass is 10.2. The molecule has 0 radical (unpaired) electrons. The van der Waals surface area contributed by atoms with Gasteiger partial charge >= 0.3 is 0 Å². The molecule has 74 valence electrons. The Morgan fingerprint density at radius 1 is 1.46 bits per heavy atom. The van der Waals surface area contributed by atoms with Gasteiger partial charge in [-0.25, -0.2) is 0 Å². The summed E-state index contributed by atoms with van der Waals surface area (Å²) in [4.78, 5) is 11.3. The molecule has 0 bridgehead atoms. The van der Waals surface area contributed by atoms with Crippen molar-refractivity contribution in [2.45, 2.75) is 45.2 Å². The molecule has 3 nitrogen and oxygen atoms in total. The molecule has 1 atom stereocenters. The van der Waals surface area contributed by atoms with Crippen molar-refractivity contribution in [2.75, 3.05) is 6.54 Å². The molecule has 0 spiro atoms. The molecule has 0 aromatic carbocycles. The van der Waals surface area contributed by atoms with Gasteiger partial charge in [0.1, 0.15) is 0 Å². The molecular formula is C10H18N2O. The minimum Gasteiger partial charge on any atom is -0.352 e. The largest absolute Gasteiger partial charge is 0.352 e. The van der Waals surface area contributed by atoms with E-state index in [1.807, 2.05) is 0 Å². The SMILES string of the molecule is CC1(C)CC1NC(=O)CNC1CC1. The average Bonchev–Trinajstić information content (AvgIpc) is 2.88. The molecule has 2 rings (SSSR count). The van der Waals surface area contributed by atoms with Crippen LogP contribution in [0.5, 0.6) is 0 Å². The van der Waals surface area contributed by atoms with Crippen molar-refractivity contribution in [1.82, 2.24) is 10.6 Å². The Kier molecular flexibility index (Phi) is 2.06. The number of carbonyl (C=O) groups is 1. The molecule has 13 heavy (non-hydrogen) atoms. The van der Waals surface area contributed by atoms with Gasteiger partial charge in [0.2, 0.25) is 5.91 Å². The Balaban J connectivity index is 1.61. The van der Waals surface area contributed by atoms with E-state index in [1.54, 1.807) is 0 Å². The quantitative estimate of drug-likeness (QED) is 0.670. The van der Waals surface area contributed by atoms with Crippen LogP contribution < -0.4 is 10.6 Å². The van der Waals surface area contributed by atoms with Gasteiger partial charge in [-0.3, -0.25) is 4.79 Å². The summed E-state index contributed by atoms with van der Waals surface area (Å²) in [5.41, 5.74) is 0.343. The van der Waals surface area contributed by atoms with Crippen molar-refractivity contribution >= 4 is 5.91 Å². The zero-order valence-electron chi connectivity index (χ0n) is 8.39. The minimum atomic E-state index is 0.155. The molecule has 3 heteroatoms. The number of nitrogens with one attached hydrogen (secondary N) is 2. The molecule has 2 N–H and O–H groups in total. The monoisotopic (exact) mass is 182 g/mol. The first-order valence-electron chi connectivity index (χ1n) is 5.11. The molecule has 2 aliphatic carbocycles. The number of rotatable bonds is 4. The lowest BCUT2D eigenvalue weighted by Crippen LogP contribution is -2.37. The van der Waals surface area contributed by atoms with Gasteiger partial charge in [-0.1, -0.05) is 13.8 Å². The number of hydrogen-bond donors (Lipinski definition) is 2. The van der Waals surface area contributed by atoms with E-state index < -0.39 is 0 Å². The van der Waals surface area contributed by atoms with Crippen LogP contribution in [0.25, 0.3) is 0 Å². The summed E-state index contributed by atoms with van der Waals surface area (Å²) in [5.74, 6) is 0.155. The van der Waals surface area contributed by atoms with E-state index in [2.05, 4.69) is 24.5 Å². The van der Waals surface area contributed by atoms with Crippen LogP contribution in [0.1, 0.15) is 33.1 Å². The van der Waals surface area contributed by atoms with Crippen molar-refractivity contribution in [2.24, 2.45) is 5.41 Å². The summed E-state index contributed by atoms with van der Waals surface area (Å²) in [5, 5.41) is 6.23. The predicted molar refractivity (Wildman–Crippen MR) is 51.4 cm³/mol. The van der Waals surface area contributed by atoms with Crippen LogP contribution in [-0.4, -0.2) is 24.5 Å². The van der Waals surface area contributed by atoms with Gasteiger partial charge in [0.25, 0.3) is 0 Å². The highest BCUT2D eigenvalue weighted by atomic mass is 16.2. The fourth-order valence-corrected chi connectivity index (χ4v) is 1.48. The van der Waals surface area contributed by atoms with Crippen LogP contribution in [-0.2, 0) is 4.79 Å². The third kappa shape index (κ3) is 2.44. The average molecular weight is 182 g/mol. The van der Waals surface area contributed by atoms with Crippen molar-refractivity contribution in [1.29, 1.82) is 0 Å². The summed E-state index contributed by atoms with van der Waals surface area (Å²) in [7, 11) is 0. The van der Waals surface area contributed by atoms with Crippen molar-refractivity contribution in [3.8, 4) is 0 Å². The second-order valence-corrected chi connectivity index (χ2v) is 4.97. The van der Waals surface area contributed by atoms with Gasteiger partial charge in [-0.05, 0) is 24.7 Å². The first-order valence-corrected chi connectivity index (χ1v) is 5.11. The lowest BCUT2D eigenvalue weighted by Gasteiger charge is -2.07. The van der Waals surface area contributed by atoms with Crippen LogP contribution in [0.2, 0.25) is 0 Å². The van der Waals surface area contributed by atoms with E-state index in [0.717, 1.165) is 6.42 Å². The molecule has 0 saturated heterocycles. The minimum absolute atomic E-state index is 0.155. The highest BCUT2D eigenvalue weighted by Gasteiger charge is 2.46. The van der Waals surface area contributed by atoms with E-state index in [4.69, 9.17) is 0 Å². The maximum absolute atomic E-state index is 11.3. The Morgan fingerprint density at radius 3 is 2.54 bits per heavy atom. The molecule has 2 saturated carbocycles. The molecule has 0 heterocycles. The fraction of sp³-hybridized carbons (Fsp3) is 0.900. The highest BCUT2D eigenvalue weighted by molar-refractivity contribution is 5.78. The van der Waals surface area contributed by atoms with Crippen LogP contribution in [0, 0.1) is 5.41 Å². The van der Waals surface area contributed by atoms with E-state index in [9.17, 15) is 4.79 Å². The molecule has 1 amide bonds. The summed E-state index contributed by atoms with van der Waals surface area (Å²) in [6.45, 7) is 4.87. The number of carbonyl (C=O) groups excluding carboxylic acids is 1. The van der Waals surface area contributed by atoms with E-state index in [0.29, 0.717) is 24.0 Å². The van der Waals surface area contributed by atoms with Crippen molar-refractivity contribution in [3.05, 3.63) is 0 Å². The summed E-state index contributed by atoms with van der Waals surface area (Å²) >= 11 is 0.